The molecule has 1 saturated heterocycles. The second kappa shape index (κ2) is 7.69. The van der Waals surface area contributed by atoms with E-state index >= 15 is 0 Å². The third-order valence-electron chi connectivity index (χ3n) is 4.58. The van der Waals surface area contributed by atoms with Crippen LogP contribution in [0.15, 0.2) is 0 Å². The summed E-state index contributed by atoms with van der Waals surface area (Å²) in [6.45, 7) is 2.46. The van der Waals surface area contributed by atoms with E-state index in [4.69, 9.17) is 0 Å². The molecule has 2 aliphatic heterocycles. The van der Waals surface area contributed by atoms with E-state index in [0.717, 1.165) is 36.9 Å². The predicted molar refractivity (Wildman–Crippen MR) is 82.5 cm³/mol. The Morgan fingerprint density at radius 3 is 2.58 bits per heavy atom. The van der Waals surface area contributed by atoms with Crippen LogP contribution in [0.1, 0.15) is 37.3 Å². The molecule has 24 heavy (non-hydrogen) atoms. The fraction of sp³-hybridized carbons (Fsp3) is 0.786. The summed E-state index contributed by atoms with van der Waals surface area (Å²) in [6, 6.07) is 0. The molecule has 0 radical (unpaired) electrons. The number of amides is 1. The number of rotatable bonds is 3. The van der Waals surface area contributed by atoms with Gasteiger partial charge in [0.05, 0.1) is 6.54 Å². The maximum absolute atomic E-state index is 12.8. The topological polar surface area (TPSA) is 63.1 Å². The van der Waals surface area contributed by atoms with E-state index in [2.05, 4.69) is 15.5 Å². The van der Waals surface area contributed by atoms with Gasteiger partial charge < -0.3 is 14.8 Å². The lowest BCUT2D eigenvalue weighted by Crippen LogP contribution is -2.39. The smallest absolute Gasteiger partial charge is 0.333 e. The van der Waals surface area contributed by atoms with Gasteiger partial charge in [-0.1, -0.05) is 0 Å². The molecule has 0 atom stereocenters. The molecule has 1 aromatic heterocycles. The lowest BCUT2D eigenvalue weighted by molar-refractivity contribution is -0.148. The highest BCUT2D eigenvalue weighted by Gasteiger charge is 2.39. The lowest BCUT2D eigenvalue weighted by Gasteiger charge is -2.29. The Bertz CT molecular complexity index is 571. The SMILES string of the molecule is Cl.O=C(CCC1CCNCC1)N1CCn2c(nnc2C(F)(F)F)C1. The van der Waals surface area contributed by atoms with Crippen molar-refractivity contribution in [1.29, 1.82) is 0 Å². The molecule has 3 rings (SSSR count). The minimum atomic E-state index is -4.51. The Morgan fingerprint density at radius 1 is 1.21 bits per heavy atom. The van der Waals surface area contributed by atoms with Gasteiger partial charge in [-0.3, -0.25) is 4.79 Å². The van der Waals surface area contributed by atoms with Crippen molar-refractivity contribution >= 4 is 18.3 Å². The first kappa shape index (κ1) is 19.0. The monoisotopic (exact) mass is 367 g/mol. The average molecular weight is 368 g/mol. The number of nitrogens with one attached hydrogen (secondary N) is 1. The van der Waals surface area contributed by atoms with E-state index in [1.54, 1.807) is 4.90 Å². The van der Waals surface area contributed by atoms with Gasteiger partial charge in [-0.05, 0) is 38.3 Å². The minimum Gasteiger partial charge on any atom is -0.333 e. The molecule has 3 heterocycles. The third-order valence-corrected chi connectivity index (χ3v) is 4.58. The number of aromatic nitrogens is 3. The van der Waals surface area contributed by atoms with Gasteiger partial charge >= 0.3 is 6.18 Å². The summed E-state index contributed by atoms with van der Waals surface area (Å²) in [7, 11) is 0. The second-order valence-electron chi connectivity index (χ2n) is 6.14. The normalized spacial score (nSPS) is 18.9. The van der Waals surface area contributed by atoms with Crippen LogP contribution in [-0.4, -0.2) is 45.2 Å². The second-order valence-corrected chi connectivity index (χ2v) is 6.14. The summed E-state index contributed by atoms with van der Waals surface area (Å²) >= 11 is 0. The van der Waals surface area contributed by atoms with Crippen molar-refractivity contribution in [2.24, 2.45) is 5.92 Å². The van der Waals surface area contributed by atoms with Crippen molar-refractivity contribution in [3.63, 3.8) is 0 Å². The molecule has 136 valence electrons. The Kier molecular flexibility index (Phi) is 6.08. The fourth-order valence-corrected chi connectivity index (χ4v) is 3.24. The number of nitrogens with zero attached hydrogens (tertiary/aromatic N) is 4. The molecule has 1 aromatic rings. The van der Waals surface area contributed by atoms with E-state index < -0.39 is 12.0 Å². The number of fused-ring (bicyclic) bond motifs is 1. The molecule has 0 bridgehead atoms. The van der Waals surface area contributed by atoms with Gasteiger partial charge in [0.1, 0.15) is 0 Å². The molecule has 6 nitrogen and oxygen atoms in total. The van der Waals surface area contributed by atoms with Gasteiger partial charge in [-0.2, -0.15) is 13.2 Å². The number of piperidine rings is 1. The highest BCUT2D eigenvalue weighted by atomic mass is 35.5. The van der Waals surface area contributed by atoms with Crippen LogP contribution in [0.3, 0.4) is 0 Å². The van der Waals surface area contributed by atoms with Crippen molar-refractivity contribution in [3.8, 4) is 0 Å². The van der Waals surface area contributed by atoms with Crippen LogP contribution in [-0.2, 0) is 24.1 Å². The van der Waals surface area contributed by atoms with Gasteiger partial charge in [0.2, 0.25) is 11.7 Å². The molecule has 2 aliphatic rings. The zero-order valence-electron chi connectivity index (χ0n) is 13.2. The molecule has 1 amide bonds. The maximum atomic E-state index is 12.8. The van der Waals surface area contributed by atoms with E-state index in [1.807, 2.05) is 0 Å². The zero-order valence-corrected chi connectivity index (χ0v) is 14.0. The Hall–Kier alpha value is -1.35. The van der Waals surface area contributed by atoms with Crippen LogP contribution in [0.25, 0.3) is 0 Å². The standard InChI is InChI=1S/C14H20F3N5O.ClH/c15-14(16,17)13-20-19-11-9-21(7-8-22(11)13)12(23)2-1-10-3-5-18-6-4-10;/h10,18H,1-9H2;1H. The lowest BCUT2D eigenvalue weighted by atomic mass is 9.93. The maximum Gasteiger partial charge on any atom is 0.451 e. The van der Waals surface area contributed by atoms with Crippen molar-refractivity contribution in [2.45, 2.75) is 44.9 Å². The van der Waals surface area contributed by atoms with Gasteiger partial charge in [0.25, 0.3) is 0 Å². The molecule has 0 spiro atoms. The first-order chi connectivity index (χ1) is 10.9. The van der Waals surface area contributed by atoms with E-state index in [-0.39, 0.29) is 43.8 Å². The molecule has 1 fully saturated rings. The Balaban J connectivity index is 0.00000208. The molecule has 0 aliphatic carbocycles. The average Bonchev–Trinajstić information content (AvgIpc) is 2.96. The van der Waals surface area contributed by atoms with Crippen LogP contribution < -0.4 is 5.32 Å². The van der Waals surface area contributed by atoms with Crippen LogP contribution in [0, 0.1) is 5.92 Å². The van der Waals surface area contributed by atoms with Crippen LogP contribution in [0.2, 0.25) is 0 Å². The number of halogens is 4. The molecule has 10 heteroatoms. The largest absolute Gasteiger partial charge is 0.451 e. The Morgan fingerprint density at radius 2 is 1.92 bits per heavy atom. The number of carbonyl (C=O) groups is 1. The van der Waals surface area contributed by atoms with Gasteiger partial charge in [-0.25, -0.2) is 0 Å². The van der Waals surface area contributed by atoms with Crippen molar-refractivity contribution < 1.29 is 18.0 Å². The van der Waals surface area contributed by atoms with Crippen LogP contribution >= 0.6 is 12.4 Å². The van der Waals surface area contributed by atoms with Crippen molar-refractivity contribution in [3.05, 3.63) is 11.6 Å². The van der Waals surface area contributed by atoms with E-state index in [0.29, 0.717) is 12.3 Å². The summed E-state index contributed by atoms with van der Waals surface area (Å²) in [5, 5.41) is 10.1. The van der Waals surface area contributed by atoms with Crippen LogP contribution in [0.4, 0.5) is 13.2 Å². The van der Waals surface area contributed by atoms with Gasteiger partial charge in [0, 0.05) is 19.5 Å². The van der Waals surface area contributed by atoms with E-state index in [1.165, 1.54) is 0 Å². The highest BCUT2D eigenvalue weighted by Crippen LogP contribution is 2.29. The van der Waals surface area contributed by atoms with Gasteiger partial charge in [0.15, 0.2) is 5.82 Å². The fourth-order valence-electron chi connectivity index (χ4n) is 3.24. The van der Waals surface area contributed by atoms with Crippen molar-refractivity contribution in [2.75, 3.05) is 19.6 Å². The summed E-state index contributed by atoms with van der Waals surface area (Å²) in [4.78, 5) is 13.9. The van der Waals surface area contributed by atoms with Crippen molar-refractivity contribution in [1.82, 2.24) is 25.0 Å². The van der Waals surface area contributed by atoms with Gasteiger partial charge in [-0.15, -0.1) is 22.6 Å². The molecular weight excluding hydrogens is 347 g/mol. The summed E-state index contributed by atoms with van der Waals surface area (Å²) in [6.07, 6.45) is -1.05. The Labute approximate surface area is 144 Å². The van der Waals surface area contributed by atoms with Crippen LogP contribution in [0.5, 0.6) is 0 Å². The van der Waals surface area contributed by atoms with E-state index in [9.17, 15) is 18.0 Å². The minimum absolute atomic E-state index is 0. The molecule has 1 N–H and O–H groups in total. The highest BCUT2D eigenvalue weighted by molar-refractivity contribution is 5.85. The number of alkyl halides is 3. The molecule has 0 saturated carbocycles. The quantitative estimate of drug-likeness (QED) is 0.885. The first-order valence-electron chi connectivity index (χ1n) is 7.93. The summed E-state index contributed by atoms with van der Waals surface area (Å²) < 4.78 is 39.4. The predicted octanol–water partition coefficient (Wildman–Crippen LogP) is 1.84. The number of carbonyl (C=O) groups excluding carboxylic acids is 1. The zero-order chi connectivity index (χ0) is 16.4. The molecule has 0 aromatic carbocycles. The molecular formula is C14H21ClF3N5O. The first-order valence-corrected chi connectivity index (χ1v) is 7.93. The summed E-state index contributed by atoms with van der Waals surface area (Å²) in [5.74, 6) is -0.218. The summed E-state index contributed by atoms with van der Waals surface area (Å²) in [5.41, 5.74) is 0. The molecule has 0 unspecified atom stereocenters. The third kappa shape index (κ3) is 4.18. The number of hydrogen-bond acceptors (Lipinski definition) is 4. The number of hydrogen-bond donors (Lipinski definition) is 1.